The SMILES string of the molecule is CC(C)(N)C(=O)N1CCN(C(=O)NC(/C=C\NC=O)=N/c2ccc3c(c2)CCC(N)C3)CC1. The van der Waals surface area contributed by atoms with Gasteiger partial charge in [-0.15, -0.1) is 0 Å². The normalized spacial score (nSPS) is 19.3. The molecule has 1 saturated heterocycles. The van der Waals surface area contributed by atoms with E-state index >= 15 is 0 Å². The second-order valence-corrected chi connectivity index (χ2v) is 9.00. The molecule has 1 aliphatic heterocycles. The van der Waals surface area contributed by atoms with Gasteiger partial charge in [0.2, 0.25) is 12.3 Å². The summed E-state index contributed by atoms with van der Waals surface area (Å²) in [6.07, 6.45) is 6.15. The molecule has 0 radical (unpaired) electrons. The Kier molecular flexibility index (Phi) is 7.83. The van der Waals surface area contributed by atoms with Crippen LogP contribution in [0.5, 0.6) is 0 Å². The number of aliphatic imine (C=N–C) groups is 1. The van der Waals surface area contributed by atoms with Crippen molar-refractivity contribution in [3.63, 3.8) is 0 Å². The van der Waals surface area contributed by atoms with Crippen molar-refractivity contribution in [2.24, 2.45) is 16.5 Å². The molecule has 1 aromatic carbocycles. The predicted octanol–water partition coefficient (Wildman–Crippen LogP) is 0.383. The Morgan fingerprint density at radius 2 is 1.85 bits per heavy atom. The van der Waals surface area contributed by atoms with Gasteiger partial charge in [-0.05, 0) is 62.4 Å². The van der Waals surface area contributed by atoms with Crippen LogP contribution in [0.3, 0.4) is 0 Å². The van der Waals surface area contributed by atoms with Crippen LogP contribution in [0.25, 0.3) is 0 Å². The lowest BCUT2D eigenvalue weighted by Crippen LogP contribution is -2.59. The zero-order chi connectivity index (χ0) is 24.0. The van der Waals surface area contributed by atoms with E-state index < -0.39 is 5.54 Å². The summed E-state index contributed by atoms with van der Waals surface area (Å²) in [5.74, 6) is 0.157. The Bertz CT molecular complexity index is 944. The van der Waals surface area contributed by atoms with Crippen LogP contribution in [-0.4, -0.2) is 71.7 Å². The lowest BCUT2D eigenvalue weighted by molar-refractivity contribution is -0.137. The van der Waals surface area contributed by atoms with Crippen LogP contribution in [0.4, 0.5) is 10.5 Å². The van der Waals surface area contributed by atoms with E-state index in [-0.39, 0.29) is 18.0 Å². The molecule has 33 heavy (non-hydrogen) atoms. The molecule has 1 aromatic rings. The zero-order valence-electron chi connectivity index (χ0n) is 19.2. The first kappa shape index (κ1) is 24.4. The van der Waals surface area contributed by atoms with Crippen molar-refractivity contribution in [2.75, 3.05) is 26.2 Å². The fourth-order valence-corrected chi connectivity index (χ4v) is 3.96. The summed E-state index contributed by atoms with van der Waals surface area (Å²) in [4.78, 5) is 43.7. The molecule has 1 aliphatic carbocycles. The van der Waals surface area contributed by atoms with Gasteiger partial charge in [-0.25, -0.2) is 9.79 Å². The molecule has 1 heterocycles. The van der Waals surface area contributed by atoms with E-state index in [4.69, 9.17) is 11.5 Å². The minimum Gasteiger partial charge on any atom is -0.338 e. The minimum atomic E-state index is -0.944. The summed E-state index contributed by atoms with van der Waals surface area (Å²) in [6, 6.07) is 5.78. The second-order valence-electron chi connectivity index (χ2n) is 9.00. The van der Waals surface area contributed by atoms with E-state index in [1.807, 2.05) is 18.2 Å². The van der Waals surface area contributed by atoms with Crippen molar-refractivity contribution >= 4 is 29.9 Å². The first-order valence-electron chi connectivity index (χ1n) is 11.1. The van der Waals surface area contributed by atoms with Crippen LogP contribution in [0, 0.1) is 0 Å². The topological polar surface area (TPSA) is 146 Å². The van der Waals surface area contributed by atoms with Crippen molar-refractivity contribution in [1.29, 1.82) is 0 Å². The standard InChI is InChI=1S/C23H33N7O3/c1-23(2,25)21(32)29-9-11-30(12-10-29)22(33)28-20(7-8-26-15-31)27-19-6-4-16-13-18(24)5-3-17(16)14-19/h4,6-8,14-15,18H,3,5,9-13,24-25H2,1-2H3,(H,26,31)(H,27,28,33)/b8-7-. The number of amidine groups is 1. The largest absolute Gasteiger partial charge is 0.338 e. The summed E-state index contributed by atoms with van der Waals surface area (Å²) < 4.78 is 0. The first-order chi connectivity index (χ1) is 15.7. The summed E-state index contributed by atoms with van der Waals surface area (Å²) in [7, 11) is 0. The van der Waals surface area contributed by atoms with Gasteiger partial charge in [-0.2, -0.15) is 0 Å². The first-order valence-corrected chi connectivity index (χ1v) is 11.1. The molecule has 178 valence electrons. The van der Waals surface area contributed by atoms with Crippen LogP contribution in [0.2, 0.25) is 0 Å². The maximum absolute atomic E-state index is 12.8. The summed E-state index contributed by atoms with van der Waals surface area (Å²) in [6.45, 7) is 4.94. The summed E-state index contributed by atoms with van der Waals surface area (Å²) >= 11 is 0. The fraction of sp³-hybridized carbons (Fsp3) is 0.478. The Morgan fingerprint density at radius 1 is 1.15 bits per heavy atom. The molecule has 6 N–H and O–H groups in total. The van der Waals surface area contributed by atoms with Gasteiger partial charge in [0, 0.05) is 38.4 Å². The highest BCUT2D eigenvalue weighted by molar-refractivity contribution is 6.05. The Hall–Kier alpha value is -3.24. The molecule has 1 unspecified atom stereocenters. The van der Waals surface area contributed by atoms with E-state index in [2.05, 4.69) is 15.6 Å². The molecule has 3 rings (SSSR count). The highest BCUT2D eigenvalue weighted by Gasteiger charge is 2.31. The number of carbonyl (C=O) groups is 3. The lowest BCUT2D eigenvalue weighted by Gasteiger charge is -2.37. The van der Waals surface area contributed by atoms with Gasteiger partial charge in [0.25, 0.3) is 0 Å². The van der Waals surface area contributed by atoms with Gasteiger partial charge in [0.1, 0.15) is 5.84 Å². The lowest BCUT2D eigenvalue weighted by atomic mass is 9.88. The molecule has 0 spiro atoms. The molecule has 10 nitrogen and oxygen atoms in total. The molecule has 1 fully saturated rings. The molecule has 0 saturated carbocycles. The third-order valence-corrected chi connectivity index (χ3v) is 5.75. The van der Waals surface area contributed by atoms with Crippen LogP contribution < -0.4 is 22.1 Å². The van der Waals surface area contributed by atoms with Crippen LogP contribution >= 0.6 is 0 Å². The molecule has 4 amide bonds. The Morgan fingerprint density at radius 3 is 2.52 bits per heavy atom. The molecule has 0 aromatic heterocycles. The number of amides is 4. The molecular formula is C23H33N7O3. The smallest absolute Gasteiger partial charge is 0.323 e. The third kappa shape index (κ3) is 6.62. The van der Waals surface area contributed by atoms with E-state index in [9.17, 15) is 14.4 Å². The number of rotatable bonds is 5. The number of aryl methyl sites for hydroxylation is 1. The second kappa shape index (κ2) is 10.6. The number of carbonyl (C=O) groups excluding carboxylic acids is 3. The predicted molar refractivity (Wildman–Crippen MR) is 127 cm³/mol. The fourth-order valence-electron chi connectivity index (χ4n) is 3.96. The van der Waals surface area contributed by atoms with Gasteiger partial charge in [0.15, 0.2) is 0 Å². The van der Waals surface area contributed by atoms with Gasteiger partial charge in [-0.3, -0.25) is 14.9 Å². The molecule has 10 heteroatoms. The van der Waals surface area contributed by atoms with E-state index in [1.165, 1.54) is 23.4 Å². The van der Waals surface area contributed by atoms with Crippen molar-refractivity contribution in [3.8, 4) is 0 Å². The maximum atomic E-state index is 12.8. The van der Waals surface area contributed by atoms with E-state index in [0.717, 1.165) is 19.3 Å². The van der Waals surface area contributed by atoms with Crippen molar-refractivity contribution in [1.82, 2.24) is 20.4 Å². The maximum Gasteiger partial charge on any atom is 0.323 e. The highest BCUT2D eigenvalue weighted by atomic mass is 16.2. The number of benzene rings is 1. The van der Waals surface area contributed by atoms with Crippen molar-refractivity contribution in [3.05, 3.63) is 41.6 Å². The molecule has 1 atom stereocenters. The number of nitrogens with zero attached hydrogens (tertiary/aromatic N) is 3. The molecule has 0 bridgehead atoms. The molecule has 2 aliphatic rings. The number of fused-ring (bicyclic) bond motifs is 1. The summed E-state index contributed by atoms with van der Waals surface area (Å²) in [5.41, 5.74) is 14.2. The van der Waals surface area contributed by atoms with Crippen molar-refractivity contribution < 1.29 is 14.4 Å². The van der Waals surface area contributed by atoms with Gasteiger partial charge >= 0.3 is 6.03 Å². The third-order valence-electron chi connectivity index (χ3n) is 5.75. The number of hydrogen-bond donors (Lipinski definition) is 4. The zero-order valence-corrected chi connectivity index (χ0v) is 19.2. The Balaban J connectivity index is 1.69. The van der Waals surface area contributed by atoms with Crippen LogP contribution in [0.15, 0.2) is 35.5 Å². The van der Waals surface area contributed by atoms with Crippen LogP contribution in [0.1, 0.15) is 31.4 Å². The monoisotopic (exact) mass is 455 g/mol. The van der Waals surface area contributed by atoms with E-state index in [1.54, 1.807) is 23.6 Å². The molecular weight excluding hydrogens is 422 g/mol. The van der Waals surface area contributed by atoms with Crippen molar-refractivity contribution in [2.45, 2.75) is 44.7 Å². The summed E-state index contributed by atoms with van der Waals surface area (Å²) in [5, 5.41) is 5.23. The Labute approximate surface area is 194 Å². The number of hydrogen-bond acceptors (Lipinski definition) is 6. The van der Waals surface area contributed by atoms with Crippen LogP contribution in [-0.2, 0) is 22.4 Å². The van der Waals surface area contributed by atoms with E-state index in [0.29, 0.717) is 44.1 Å². The average Bonchev–Trinajstić information content (AvgIpc) is 2.78. The van der Waals surface area contributed by atoms with Gasteiger partial charge in [0.05, 0.1) is 11.2 Å². The number of nitrogens with one attached hydrogen (secondary N) is 2. The number of piperazine rings is 1. The number of urea groups is 1. The van der Waals surface area contributed by atoms with Gasteiger partial charge < -0.3 is 26.6 Å². The number of nitrogens with two attached hydrogens (primary N) is 2. The highest BCUT2D eigenvalue weighted by Crippen LogP contribution is 2.25. The average molecular weight is 456 g/mol. The quantitative estimate of drug-likeness (QED) is 0.288. The minimum absolute atomic E-state index is 0.138. The van der Waals surface area contributed by atoms with Gasteiger partial charge in [-0.1, -0.05) is 6.07 Å².